The van der Waals surface area contributed by atoms with E-state index in [2.05, 4.69) is 4.90 Å². The smallest absolute Gasteiger partial charge is 0.243 e. The molecule has 7 nitrogen and oxygen atoms in total. The van der Waals surface area contributed by atoms with Crippen LogP contribution in [0, 0.1) is 0 Å². The van der Waals surface area contributed by atoms with Gasteiger partial charge in [0.1, 0.15) is 13.2 Å². The summed E-state index contributed by atoms with van der Waals surface area (Å²) in [4.78, 5) is 2.34. The highest BCUT2D eigenvalue weighted by molar-refractivity contribution is 7.89. The van der Waals surface area contributed by atoms with E-state index in [1.54, 1.807) is 19.2 Å². The second-order valence-corrected chi connectivity index (χ2v) is 7.89. The fourth-order valence-corrected chi connectivity index (χ4v) is 3.94. The van der Waals surface area contributed by atoms with E-state index in [1.165, 1.54) is 10.4 Å². The molecule has 0 amide bonds. The summed E-state index contributed by atoms with van der Waals surface area (Å²) in [5.41, 5.74) is 0. The van der Waals surface area contributed by atoms with Gasteiger partial charge < -0.3 is 19.1 Å². The van der Waals surface area contributed by atoms with Crippen LogP contribution in [0.15, 0.2) is 23.1 Å². The van der Waals surface area contributed by atoms with Crippen molar-refractivity contribution < 1.29 is 22.6 Å². The first-order valence-electron chi connectivity index (χ1n) is 7.63. The van der Waals surface area contributed by atoms with Gasteiger partial charge >= 0.3 is 0 Å². The molecule has 0 saturated carbocycles. The monoisotopic (exact) mass is 342 g/mol. The standard InChI is InChI=1S/C15H22N2O5S/c1-16-5-6-20-12(10-16)11-17(2)23(18,19)13-3-4-14-15(9-13)22-8-7-21-14/h3-4,9,12H,5-8,10-11H2,1-2H3. The summed E-state index contributed by atoms with van der Waals surface area (Å²) in [5.74, 6) is 1.05. The van der Waals surface area contributed by atoms with Gasteiger partial charge in [-0.1, -0.05) is 0 Å². The average Bonchev–Trinajstić information content (AvgIpc) is 2.54. The number of sulfonamides is 1. The lowest BCUT2D eigenvalue weighted by Crippen LogP contribution is -2.46. The second-order valence-electron chi connectivity index (χ2n) is 5.85. The Morgan fingerprint density at radius 2 is 1.96 bits per heavy atom. The van der Waals surface area contributed by atoms with Crippen molar-refractivity contribution in [3.8, 4) is 11.5 Å². The summed E-state index contributed by atoms with van der Waals surface area (Å²) in [5, 5.41) is 0. The fraction of sp³-hybridized carbons (Fsp3) is 0.600. The summed E-state index contributed by atoms with van der Waals surface area (Å²) in [7, 11) is -0.0117. The van der Waals surface area contributed by atoms with Crippen LogP contribution >= 0.6 is 0 Å². The van der Waals surface area contributed by atoms with Gasteiger partial charge in [0.15, 0.2) is 11.5 Å². The molecule has 0 bridgehead atoms. The third-order valence-corrected chi connectivity index (χ3v) is 5.84. The summed E-state index contributed by atoms with van der Waals surface area (Å²) in [6.45, 7) is 3.44. The van der Waals surface area contributed by atoms with Crippen molar-refractivity contribution in [1.82, 2.24) is 9.21 Å². The SMILES string of the molecule is CN1CCOC(CN(C)S(=O)(=O)c2ccc3c(c2)OCCO3)C1. The third kappa shape index (κ3) is 3.60. The molecule has 128 valence electrons. The van der Waals surface area contributed by atoms with E-state index in [-0.39, 0.29) is 11.0 Å². The lowest BCUT2D eigenvalue weighted by molar-refractivity contribution is -0.0247. The Kier molecular flexibility index (Phi) is 4.77. The molecule has 1 aromatic rings. The number of hydrogen-bond donors (Lipinski definition) is 0. The maximum absolute atomic E-state index is 12.7. The Bertz CT molecular complexity index is 664. The van der Waals surface area contributed by atoms with Gasteiger partial charge in [0.25, 0.3) is 0 Å². The average molecular weight is 342 g/mol. The van der Waals surface area contributed by atoms with Crippen LogP contribution in [0.5, 0.6) is 11.5 Å². The molecule has 0 aromatic heterocycles. The van der Waals surface area contributed by atoms with Crippen molar-refractivity contribution in [2.75, 3.05) is 53.6 Å². The van der Waals surface area contributed by atoms with Crippen molar-refractivity contribution in [3.05, 3.63) is 18.2 Å². The molecule has 2 aliphatic heterocycles. The predicted molar refractivity (Wildman–Crippen MR) is 84.5 cm³/mol. The molecule has 0 radical (unpaired) electrons. The van der Waals surface area contributed by atoms with Crippen LogP contribution in [0.3, 0.4) is 0 Å². The van der Waals surface area contributed by atoms with E-state index in [0.717, 1.165) is 13.1 Å². The van der Waals surface area contributed by atoms with E-state index in [0.29, 0.717) is 37.9 Å². The minimum atomic E-state index is -3.59. The van der Waals surface area contributed by atoms with Gasteiger partial charge in [0, 0.05) is 32.7 Å². The summed E-state index contributed by atoms with van der Waals surface area (Å²) in [6, 6.07) is 4.71. The number of likely N-dealkylation sites (N-methyl/N-ethyl adjacent to an activating group) is 2. The number of rotatable bonds is 4. The van der Waals surface area contributed by atoms with Crippen molar-refractivity contribution >= 4 is 10.0 Å². The van der Waals surface area contributed by atoms with Crippen molar-refractivity contribution in [2.45, 2.75) is 11.0 Å². The Morgan fingerprint density at radius 3 is 2.70 bits per heavy atom. The van der Waals surface area contributed by atoms with Crippen LogP contribution in [0.2, 0.25) is 0 Å². The van der Waals surface area contributed by atoms with Gasteiger partial charge in [-0.25, -0.2) is 8.42 Å². The Hall–Kier alpha value is -1.35. The predicted octanol–water partition coefficient (Wildman–Crippen LogP) is 0.409. The second kappa shape index (κ2) is 6.64. The van der Waals surface area contributed by atoms with Gasteiger partial charge in [0.05, 0.1) is 17.6 Å². The summed E-state index contributed by atoms with van der Waals surface area (Å²) >= 11 is 0. The quantitative estimate of drug-likeness (QED) is 0.789. The van der Waals surface area contributed by atoms with Crippen LogP contribution in [-0.4, -0.2) is 77.3 Å². The van der Waals surface area contributed by atoms with E-state index in [1.807, 2.05) is 7.05 Å². The van der Waals surface area contributed by atoms with E-state index in [9.17, 15) is 8.42 Å². The molecule has 1 fully saturated rings. The molecule has 1 atom stereocenters. The molecule has 2 aliphatic rings. The van der Waals surface area contributed by atoms with Gasteiger partial charge in [0.2, 0.25) is 10.0 Å². The molecule has 1 unspecified atom stereocenters. The number of hydrogen-bond acceptors (Lipinski definition) is 6. The molecule has 0 aliphatic carbocycles. The number of benzene rings is 1. The number of ether oxygens (including phenoxy) is 3. The first-order chi connectivity index (χ1) is 11.0. The third-order valence-electron chi connectivity index (χ3n) is 4.02. The molecule has 0 N–H and O–H groups in total. The molecule has 0 spiro atoms. The van der Waals surface area contributed by atoms with Crippen LogP contribution in [0.25, 0.3) is 0 Å². The molecule has 8 heteroatoms. The van der Waals surface area contributed by atoms with Gasteiger partial charge in [-0.2, -0.15) is 4.31 Å². The molecule has 23 heavy (non-hydrogen) atoms. The Labute approximate surface area is 136 Å². The van der Waals surface area contributed by atoms with Gasteiger partial charge in [-0.15, -0.1) is 0 Å². The van der Waals surface area contributed by atoms with Crippen LogP contribution in [0.1, 0.15) is 0 Å². The molecule has 3 rings (SSSR count). The fourth-order valence-electron chi connectivity index (χ4n) is 2.73. The first kappa shape index (κ1) is 16.5. The van der Waals surface area contributed by atoms with E-state index in [4.69, 9.17) is 14.2 Å². The number of fused-ring (bicyclic) bond motifs is 1. The molecular weight excluding hydrogens is 320 g/mol. The first-order valence-corrected chi connectivity index (χ1v) is 9.07. The maximum atomic E-state index is 12.7. The lowest BCUT2D eigenvalue weighted by Gasteiger charge is -2.32. The highest BCUT2D eigenvalue weighted by Gasteiger charge is 2.27. The molecule has 2 heterocycles. The Balaban J connectivity index is 1.75. The van der Waals surface area contributed by atoms with Gasteiger partial charge in [-0.05, 0) is 19.2 Å². The zero-order valence-corrected chi connectivity index (χ0v) is 14.2. The normalized spacial score (nSPS) is 22.3. The van der Waals surface area contributed by atoms with E-state index >= 15 is 0 Å². The number of nitrogens with zero attached hydrogens (tertiary/aromatic N) is 2. The highest BCUT2D eigenvalue weighted by Crippen LogP contribution is 2.33. The largest absolute Gasteiger partial charge is 0.486 e. The zero-order valence-electron chi connectivity index (χ0n) is 13.4. The summed E-state index contributed by atoms with van der Waals surface area (Å²) in [6.07, 6.45) is -0.120. The zero-order chi connectivity index (χ0) is 16.4. The van der Waals surface area contributed by atoms with Crippen molar-refractivity contribution in [2.24, 2.45) is 0 Å². The minimum absolute atomic E-state index is 0.120. The molecular formula is C15H22N2O5S. The van der Waals surface area contributed by atoms with Crippen LogP contribution < -0.4 is 9.47 Å². The Morgan fingerprint density at radius 1 is 1.22 bits per heavy atom. The van der Waals surface area contributed by atoms with Crippen molar-refractivity contribution in [1.29, 1.82) is 0 Å². The van der Waals surface area contributed by atoms with Gasteiger partial charge in [-0.3, -0.25) is 0 Å². The maximum Gasteiger partial charge on any atom is 0.243 e. The lowest BCUT2D eigenvalue weighted by atomic mass is 10.3. The van der Waals surface area contributed by atoms with Crippen LogP contribution in [0.4, 0.5) is 0 Å². The summed E-state index contributed by atoms with van der Waals surface area (Å²) < 4.78 is 43.3. The van der Waals surface area contributed by atoms with E-state index < -0.39 is 10.0 Å². The minimum Gasteiger partial charge on any atom is -0.486 e. The van der Waals surface area contributed by atoms with Crippen LogP contribution in [-0.2, 0) is 14.8 Å². The number of morpholine rings is 1. The molecule has 1 saturated heterocycles. The topological polar surface area (TPSA) is 68.3 Å². The highest BCUT2D eigenvalue weighted by atomic mass is 32.2. The van der Waals surface area contributed by atoms with Crippen molar-refractivity contribution in [3.63, 3.8) is 0 Å². The molecule has 1 aromatic carbocycles.